The van der Waals surface area contributed by atoms with Crippen LogP contribution in [0.1, 0.15) is 13.3 Å². The molecule has 0 aromatic rings. The number of hydrogen-bond donors (Lipinski definition) is 0. The van der Waals surface area contributed by atoms with E-state index in [4.69, 9.17) is 4.74 Å². The second-order valence-corrected chi connectivity index (χ2v) is 7.63. The van der Waals surface area contributed by atoms with Crippen LogP contribution in [0.5, 0.6) is 0 Å². The minimum atomic E-state index is -3.05. The van der Waals surface area contributed by atoms with Crippen LogP contribution in [0, 0.1) is 0 Å². The van der Waals surface area contributed by atoms with Crippen molar-refractivity contribution in [1.82, 2.24) is 14.1 Å². The molecule has 0 radical (unpaired) electrons. The van der Waals surface area contributed by atoms with Gasteiger partial charge in [0.1, 0.15) is 0 Å². The SMILES string of the molecule is CCOCCN1CCN(CCCS(=O)(=O)N(C)C)CC1. The van der Waals surface area contributed by atoms with E-state index in [0.717, 1.165) is 52.5 Å². The number of hydrogen-bond acceptors (Lipinski definition) is 5. The molecule has 0 saturated carbocycles. The van der Waals surface area contributed by atoms with E-state index in [0.29, 0.717) is 6.42 Å². The van der Waals surface area contributed by atoms with Crippen LogP contribution in [-0.4, -0.2) is 94.9 Å². The van der Waals surface area contributed by atoms with Crippen molar-refractivity contribution in [3.63, 3.8) is 0 Å². The third-order valence-corrected chi connectivity index (χ3v) is 5.57. The number of piperazine rings is 1. The van der Waals surface area contributed by atoms with Gasteiger partial charge in [0.15, 0.2) is 0 Å². The third kappa shape index (κ3) is 6.49. The van der Waals surface area contributed by atoms with Crippen LogP contribution in [-0.2, 0) is 14.8 Å². The Hall–Kier alpha value is -0.210. The van der Waals surface area contributed by atoms with Crippen molar-refractivity contribution in [2.24, 2.45) is 0 Å². The molecule has 1 heterocycles. The molecular weight excluding hydrogens is 278 g/mol. The average Bonchev–Trinajstić information content (AvgIpc) is 2.40. The molecule has 1 saturated heterocycles. The van der Waals surface area contributed by atoms with E-state index >= 15 is 0 Å². The highest BCUT2D eigenvalue weighted by atomic mass is 32.2. The van der Waals surface area contributed by atoms with E-state index in [1.165, 1.54) is 4.31 Å². The number of nitrogens with zero attached hydrogens (tertiary/aromatic N) is 3. The predicted molar refractivity (Wildman–Crippen MR) is 81.5 cm³/mol. The fourth-order valence-electron chi connectivity index (χ4n) is 2.23. The first-order chi connectivity index (χ1) is 9.45. The maximum absolute atomic E-state index is 11.7. The Morgan fingerprint density at radius 1 is 1.05 bits per heavy atom. The molecule has 1 fully saturated rings. The molecule has 0 bridgehead atoms. The zero-order valence-electron chi connectivity index (χ0n) is 13.0. The summed E-state index contributed by atoms with van der Waals surface area (Å²) in [6.07, 6.45) is 0.708. The Labute approximate surface area is 123 Å². The maximum Gasteiger partial charge on any atom is 0.213 e. The molecule has 1 aliphatic rings. The second kappa shape index (κ2) is 8.94. The van der Waals surface area contributed by atoms with Gasteiger partial charge in [0, 0.05) is 53.4 Å². The average molecular weight is 307 g/mol. The van der Waals surface area contributed by atoms with Gasteiger partial charge in [-0.1, -0.05) is 0 Å². The minimum absolute atomic E-state index is 0.241. The summed E-state index contributed by atoms with van der Waals surface area (Å²) in [5, 5.41) is 0. The summed E-state index contributed by atoms with van der Waals surface area (Å²) in [4.78, 5) is 4.76. The first kappa shape index (κ1) is 17.8. The first-order valence-corrected chi connectivity index (χ1v) is 8.99. The molecule has 0 unspecified atom stereocenters. The highest BCUT2D eigenvalue weighted by Gasteiger charge is 2.18. The highest BCUT2D eigenvalue weighted by Crippen LogP contribution is 2.04. The lowest BCUT2D eigenvalue weighted by Crippen LogP contribution is -2.47. The van der Waals surface area contributed by atoms with Crippen LogP contribution in [0.4, 0.5) is 0 Å². The van der Waals surface area contributed by atoms with Gasteiger partial charge in [-0.15, -0.1) is 0 Å². The molecule has 0 amide bonds. The molecule has 0 N–H and O–H groups in total. The van der Waals surface area contributed by atoms with Crippen LogP contribution in [0.15, 0.2) is 0 Å². The summed E-state index contributed by atoms with van der Waals surface area (Å²) in [6, 6.07) is 0. The second-order valence-electron chi connectivity index (χ2n) is 5.33. The molecule has 0 aromatic carbocycles. The quantitative estimate of drug-likeness (QED) is 0.558. The standard InChI is InChI=1S/C13H29N3O3S/c1-4-19-12-11-16-9-7-15(8-10-16)6-5-13-20(17,18)14(2)3/h4-13H2,1-3H3. The fraction of sp³-hybridized carbons (Fsp3) is 1.00. The molecular formula is C13H29N3O3S. The Morgan fingerprint density at radius 2 is 1.60 bits per heavy atom. The van der Waals surface area contributed by atoms with E-state index < -0.39 is 10.0 Å². The molecule has 7 heteroatoms. The molecule has 0 aliphatic carbocycles. The number of sulfonamides is 1. The number of rotatable bonds is 9. The Balaban J connectivity index is 2.14. The lowest BCUT2D eigenvalue weighted by molar-refractivity contribution is 0.0810. The molecule has 0 aromatic heterocycles. The molecule has 120 valence electrons. The molecule has 1 aliphatic heterocycles. The highest BCUT2D eigenvalue weighted by molar-refractivity contribution is 7.89. The monoisotopic (exact) mass is 307 g/mol. The zero-order valence-corrected chi connectivity index (χ0v) is 13.9. The summed E-state index contributed by atoms with van der Waals surface area (Å²) < 4.78 is 30.0. The van der Waals surface area contributed by atoms with Gasteiger partial charge in [-0.2, -0.15) is 0 Å². The minimum Gasteiger partial charge on any atom is -0.380 e. The van der Waals surface area contributed by atoms with Gasteiger partial charge < -0.3 is 9.64 Å². The van der Waals surface area contributed by atoms with E-state index in [2.05, 4.69) is 9.80 Å². The maximum atomic E-state index is 11.7. The summed E-state index contributed by atoms with van der Waals surface area (Å²) in [7, 11) is 0.135. The normalized spacial score (nSPS) is 18.8. The molecule has 1 rings (SSSR count). The summed E-state index contributed by atoms with van der Waals surface area (Å²) in [5.41, 5.74) is 0. The van der Waals surface area contributed by atoms with E-state index in [1.54, 1.807) is 14.1 Å². The first-order valence-electron chi connectivity index (χ1n) is 7.38. The van der Waals surface area contributed by atoms with E-state index in [9.17, 15) is 8.42 Å². The predicted octanol–water partition coefficient (Wildman–Crippen LogP) is -0.0780. The van der Waals surface area contributed by atoms with Crippen molar-refractivity contribution in [2.45, 2.75) is 13.3 Å². The van der Waals surface area contributed by atoms with Gasteiger partial charge in [0.2, 0.25) is 10.0 Å². The molecule has 6 nitrogen and oxygen atoms in total. The van der Waals surface area contributed by atoms with Crippen molar-refractivity contribution in [2.75, 3.05) is 72.3 Å². The van der Waals surface area contributed by atoms with E-state index in [-0.39, 0.29) is 5.75 Å². The van der Waals surface area contributed by atoms with Crippen molar-refractivity contribution >= 4 is 10.0 Å². The number of ether oxygens (including phenoxy) is 1. The van der Waals surface area contributed by atoms with Gasteiger partial charge >= 0.3 is 0 Å². The van der Waals surface area contributed by atoms with Crippen LogP contribution in [0.3, 0.4) is 0 Å². The van der Waals surface area contributed by atoms with Crippen molar-refractivity contribution in [3.8, 4) is 0 Å². The van der Waals surface area contributed by atoms with Gasteiger partial charge in [-0.3, -0.25) is 4.90 Å². The zero-order chi connectivity index (χ0) is 15.0. The van der Waals surface area contributed by atoms with Gasteiger partial charge in [-0.05, 0) is 19.9 Å². The lowest BCUT2D eigenvalue weighted by atomic mass is 10.3. The van der Waals surface area contributed by atoms with Crippen LogP contribution in [0.2, 0.25) is 0 Å². The van der Waals surface area contributed by atoms with Gasteiger partial charge in [-0.25, -0.2) is 12.7 Å². The smallest absolute Gasteiger partial charge is 0.213 e. The van der Waals surface area contributed by atoms with Crippen LogP contribution < -0.4 is 0 Å². The topological polar surface area (TPSA) is 53.1 Å². The largest absolute Gasteiger partial charge is 0.380 e. The summed E-state index contributed by atoms with van der Waals surface area (Å²) >= 11 is 0. The molecule has 0 spiro atoms. The molecule has 0 atom stereocenters. The van der Waals surface area contributed by atoms with Gasteiger partial charge in [0.05, 0.1) is 12.4 Å². The van der Waals surface area contributed by atoms with Crippen LogP contribution in [0.25, 0.3) is 0 Å². The third-order valence-electron chi connectivity index (χ3n) is 3.65. The Morgan fingerprint density at radius 3 is 2.10 bits per heavy atom. The van der Waals surface area contributed by atoms with Gasteiger partial charge in [0.25, 0.3) is 0 Å². The van der Waals surface area contributed by atoms with Crippen molar-refractivity contribution in [3.05, 3.63) is 0 Å². The summed E-state index contributed by atoms with van der Waals surface area (Å²) in [6.45, 7) is 9.60. The Kier molecular flexibility index (Phi) is 7.98. The van der Waals surface area contributed by atoms with Crippen LogP contribution >= 0.6 is 0 Å². The Bertz CT molecular complexity index is 352. The van der Waals surface area contributed by atoms with Crippen molar-refractivity contribution in [1.29, 1.82) is 0 Å². The molecule has 20 heavy (non-hydrogen) atoms. The lowest BCUT2D eigenvalue weighted by Gasteiger charge is -2.34. The fourth-order valence-corrected chi connectivity index (χ4v) is 3.09. The van der Waals surface area contributed by atoms with E-state index in [1.807, 2.05) is 6.92 Å². The van der Waals surface area contributed by atoms with Crippen molar-refractivity contribution < 1.29 is 13.2 Å². The summed E-state index contributed by atoms with van der Waals surface area (Å²) in [5.74, 6) is 0.241.